The van der Waals surface area contributed by atoms with E-state index in [2.05, 4.69) is 15.6 Å². The van der Waals surface area contributed by atoms with E-state index in [0.29, 0.717) is 44.2 Å². The topological polar surface area (TPSA) is 66.0 Å². The van der Waals surface area contributed by atoms with Crippen molar-refractivity contribution in [3.05, 3.63) is 35.6 Å². The molecule has 0 aliphatic carbocycles. The van der Waals surface area contributed by atoms with Crippen molar-refractivity contribution in [2.45, 2.75) is 19.8 Å². The molecular formula is C18H29FN4O2. The SMILES string of the molecule is CCOCCCNC(=NCC(=O)N(C)C)NCCc1ccccc1F. The van der Waals surface area contributed by atoms with Gasteiger partial charge < -0.3 is 20.3 Å². The highest BCUT2D eigenvalue weighted by Crippen LogP contribution is 2.06. The number of hydrogen-bond acceptors (Lipinski definition) is 3. The van der Waals surface area contributed by atoms with Crippen LogP contribution >= 0.6 is 0 Å². The van der Waals surface area contributed by atoms with E-state index in [-0.39, 0.29) is 18.3 Å². The molecule has 0 radical (unpaired) electrons. The number of likely N-dealkylation sites (N-methyl/N-ethyl adjacent to an activating group) is 1. The number of halogens is 1. The van der Waals surface area contributed by atoms with Crippen LogP contribution in [0.15, 0.2) is 29.3 Å². The number of amides is 1. The first-order chi connectivity index (χ1) is 12.0. The normalized spacial score (nSPS) is 11.3. The molecule has 0 bridgehead atoms. The summed E-state index contributed by atoms with van der Waals surface area (Å²) in [5.74, 6) is 0.253. The second-order valence-corrected chi connectivity index (χ2v) is 5.70. The van der Waals surface area contributed by atoms with Gasteiger partial charge in [-0.2, -0.15) is 0 Å². The first kappa shape index (κ1) is 20.9. The van der Waals surface area contributed by atoms with Crippen molar-refractivity contribution >= 4 is 11.9 Å². The van der Waals surface area contributed by atoms with Crippen LogP contribution in [0.25, 0.3) is 0 Å². The van der Waals surface area contributed by atoms with Gasteiger partial charge in [-0.1, -0.05) is 18.2 Å². The van der Waals surface area contributed by atoms with E-state index in [1.54, 1.807) is 26.2 Å². The summed E-state index contributed by atoms with van der Waals surface area (Å²) in [6, 6.07) is 6.70. The first-order valence-corrected chi connectivity index (χ1v) is 8.58. The summed E-state index contributed by atoms with van der Waals surface area (Å²) in [5.41, 5.74) is 0.648. The van der Waals surface area contributed by atoms with Crippen LogP contribution in [0.1, 0.15) is 18.9 Å². The van der Waals surface area contributed by atoms with E-state index in [1.165, 1.54) is 11.0 Å². The number of hydrogen-bond donors (Lipinski definition) is 2. The summed E-state index contributed by atoms with van der Waals surface area (Å²) in [6.45, 7) is 4.59. The highest BCUT2D eigenvalue weighted by molar-refractivity contribution is 5.84. The predicted octanol–water partition coefficient (Wildman–Crippen LogP) is 1.42. The molecule has 0 saturated carbocycles. The summed E-state index contributed by atoms with van der Waals surface area (Å²) in [7, 11) is 3.39. The van der Waals surface area contributed by atoms with Crippen molar-refractivity contribution in [2.24, 2.45) is 4.99 Å². The standard InChI is InChI=1S/C18H29FN4O2/c1-4-25-13-7-11-20-18(22-14-17(24)23(2)3)21-12-10-15-8-5-6-9-16(15)19/h5-6,8-9H,4,7,10-14H2,1-3H3,(H2,20,21,22). The van der Waals surface area contributed by atoms with E-state index in [1.807, 2.05) is 13.0 Å². The van der Waals surface area contributed by atoms with Crippen LogP contribution in [-0.2, 0) is 16.0 Å². The maximum Gasteiger partial charge on any atom is 0.243 e. The lowest BCUT2D eigenvalue weighted by Crippen LogP contribution is -2.40. The predicted molar refractivity (Wildman–Crippen MR) is 98.2 cm³/mol. The number of nitrogens with zero attached hydrogens (tertiary/aromatic N) is 2. The first-order valence-electron chi connectivity index (χ1n) is 8.58. The molecule has 1 rings (SSSR count). The van der Waals surface area contributed by atoms with Gasteiger partial charge in [0.2, 0.25) is 5.91 Å². The number of rotatable bonds is 10. The third-order valence-electron chi connectivity index (χ3n) is 3.48. The fourth-order valence-corrected chi connectivity index (χ4v) is 2.00. The van der Waals surface area contributed by atoms with E-state index in [4.69, 9.17) is 4.74 Å². The minimum absolute atomic E-state index is 0.0630. The summed E-state index contributed by atoms with van der Waals surface area (Å²) in [5, 5.41) is 6.31. The van der Waals surface area contributed by atoms with Crippen LogP contribution < -0.4 is 10.6 Å². The molecule has 0 aliphatic rings. The van der Waals surface area contributed by atoms with Crippen LogP contribution in [0.4, 0.5) is 4.39 Å². The summed E-state index contributed by atoms with van der Waals surface area (Å²) < 4.78 is 18.9. The van der Waals surface area contributed by atoms with Gasteiger partial charge in [-0.15, -0.1) is 0 Å². The van der Waals surface area contributed by atoms with Gasteiger partial charge in [-0.25, -0.2) is 9.38 Å². The largest absolute Gasteiger partial charge is 0.382 e. The highest BCUT2D eigenvalue weighted by atomic mass is 19.1. The third-order valence-corrected chi connectivity index (χ3v) is 3.48. The van der Waals surface area contributed by atoms with E-state index in [9.17, 15) is 9.18 Å². The second kappa shape index (κ2) is 12.2. The molecule has 25 heavy (non-hydrogen) atoms. The molecule has 7 heteroatoms. The Kier molecular flexibility index (Phi) is 10.2. The minimum Gasteiger partial charge on any atom is -0.382 e. The summed E-state index contributed by atoms with van der Waals surface area (Å²) in [6.07, 6.45) is 1.37. The average molecular weight is 352 g/mol. The van der Waals surface area contributed by atoms with Crippen molar-refractivity contribution in [1.82, 2.24) is 15.5 Å². The van der Waals surface area contributed by atoms with Crippen LogP contribution in [0.5, 0.6) is 0 Å². The van der Waals surface area contributed by atoms with Gasteiger partial charge in [0.1, 0.15) is 12.4 Å². The number of carbonyl (C=O) groups excluding carboxylic acids is 1. The molecule has 1 amide bonds. The fourth-order valence-electron chi connectivity index (χ4n) is 2.00. The van der Waals surface area contributed by atoms with Gasteiger partial charge in [-0.05, 0) is 31.4 Å². The molecule has 0 saturated heterocycles. The lowest BCUT2D eigenvalue weighted by Gasteiger charge is -2.14. The molecule has 0 heterocycles. The lowest BCUT2D eigenvalue weighted by atomic mass is 10.1. The molecule has 0 fully saturated rings. The fraction of sp³-hybridized carbons (Fsp3) is 0.556. The van der Waals surface area contributed by atoms with Crippen LogP contribution in [0.3, 0.4) is 0 Å². The lowest BCUT2D eigenvalue weighted by molar-refractivity contribution is -0.127. The molecular weight excluding hydrogens is 323 g/mol. The summed E-state index contributed by atoms with van der Waals surface area (Å²) >= 11 is 0. The van der Waals surface area contributed by atoms with Crippen molar-refractivity contribution in [1.29, 1.82) is 0 Å². The minimum atomic E-state index is -0.213. The van der Waals surface area contributed by atoms with Gasteiger partial charge in [0, 0.05) is 40.4 Å². The zero-order valence-electron chi connectivity index (χ0n) is 15.3. The molecule has 0 aromatic heterocycles. The molecule has 2 N–H and O–H groups in total. The quantitative estimate of drug-likeness (QED) is 0.380. The molecule has 1 aromatic rings. The van der Waals surface area contributed by atoms with Crippen LogP contribution in [0.2, 0.25) is 0 Å². The molecule has 0 aliphatic heterocycles. The van der Waals surface area contributed by atoms with Crippen LogP contribution in [0, 0.1) is 5.82 Å². The molecule has 0 unspecified atom stereocenters. The highest BCUT2D eigenvalue weighted by Gasteiger charge is 2.05. The third kappa shape index (κ3) is 9.05. The Bertz CT molecular complexity index is 550. The maximum atomic E-state index is 13.6. The molecule has 1 aromatic carbocycles. The molecule has 6 nitrogen and oxygen atoms in total. The number of benzene rings is 1. The smallest absolute Gasteiger partial charge is 0.243 e. The van der Waals surface area contributed by atoms with Crippen molar-refractivity contribution in [3.63, 3.8) is 0 Å². The maximum absolute atomic E-state index is 13.6. The second-order valence-electron chi connectivity index (χ2n) is 5.70. The number of ether oxygens (including phenoxy) is 1. The van der Waals surface area contributed by atoms with Crippen molar-refractivity contribution in [2.75, 3.05) is 46.9 Å². The molecule has 0 atom stereocenters. The Morgan fingerprint density at radius 1 is 1.24 bits per heavy atom. The van der Waals surface area contributed by atoms with E-state index in [0.717, 1.165) is 6.42 Å². The van der Waals surface area contributed by atoms with Crippen molar-refractivity contribution in [3.8, 4) is 0 Å². The Morgan fingerprint density at radius 2 is 1.96 bits per heavy atom. The zero-order chi connectivity index (χ0) is 18.5. The Labute approximate surface area is 149 Å². The Balaban J connectivity index is 2.49. The molecule has 140 valence electrons. The van der Waals surface area contributed by atoms with Crippen molar-refractivity contribution < 1.29 is 13.9 Å². The van der Waals surface area contributed by atoms with Gasteiger partial charge in [0.25, 0.3) is 0 Å². The monoisotopic (exact) mass is 352 g/mol. The number of carbonyl (C=O) groups is 1. The van der Waals surface area contributed by atoms with E-state index >= 15 is 0 Å². The van der Waals surface area contributed by atoms with Gasteiger partial charge in [-0.3, -0.25) is 4.79 Å². The molecule has 0 spiro atoms. The average Bonchev–Trinajstić information content (AvgIpc) is 2.60. The van der Waals surface area contributed by atoms with Gasteiger partial charge in [0.15, 0.2) is 5.96 Å². The van der Waals surface area contributed by atoms with Gasteiger partial charge >= 0.3 is 0 Å². The van der Waals surface area contributed by atoms with E-state index < -0.39 is 0 Å². The van der Waals surface area contributed by atoms with Crippen LogP contribution in [-0.4, -0.2) is 63.7 Å². The number of guanidine groups is 1. The Morgan fingerprint density at radius 3 is 2.64 bits per heavy atom. The Hall–Kier alpha value is -2.15. The number of nitrogens with one attached hydrogen (secondary N) is 2. The summed E-state index contributed by atoms with van der Waals surface area (Å²) in [4.78, 5) is 17.5. The zero-order valence-corrected chi connectivity index (χ0v) is 15.3. The van der Waals surface area contributed by atoms with Gasteiger partial charge in [0.05, 0.1) is 0 Å². The number of aliphatic imine (C=N–C) groups is 1.